The Balaban J connectivity index is 2.06. The smallest absolute Gasteiger partial charge is 0.0129 e. The van der Waals surface area contributed by atoms with Crippen molar-refractivity contribution < 1.29 is 0 Å². The number of benzene rings is 2. The summed E-state index contributed by atoms with van der Waals surface area (Å²) in [5.41, 5.74) is 9.47. The van der Waals surface area contributed by atoms with Crippen LogP contribution in [0.4, 0.5) is 0 Å². The highest BCUT2D eigenvalue weighted by molar-refractivity contribution is 5.38. The van der Waals surface area contributed by atoms with Gasteiger partial charge in [0.25, 0.3) is 0 Å². The Labute approximate surface area is 168 Å². The molecule has 0 spiro atoms. The molecule has 0 amide bonds. The predicted octanol–water partition coefficient (Wildman–Crippen LogP) is 7.58. The second-order valence-corrected chi connectivity index (χ2v) is 10.0. The predicted molar refractivity (Wildman–Crippen MR) is 121 cm³/mol. The molecule has 0 aliphatic carbocycles. The third-order valence-electron chi connectivity index (χ3n) is 5.65. The lowest BCUT2D eigenvalue weighted by molar-refractivity contribution is 0.582. The first-order chi connectivity index (χ1) is 12.6. The molecule has 0 aliphatic heterocycles. The third-order valence-corrected chi connectivity index (χ3v) is 5.65. The van der Waals surface area contributed by atoms with Crippen LogP contribution in [0.15, 0.2) is 36.4 Å². The minimum atomic E-state index is 0.231. The normalized spacial score (nSPS) is 12.4. The molecule has 0 N–H and O–H groups in total. The summed E-state index contributed by atoms with van der Waals surface area (Å²) in [5, 5.41) is 0. The van der Waals surface area contributed by atoms with Gasteiger partial charge in [-0.1, -0.05) is 91.8 Å². The molecule has 0 saturated carbocycles. The van der Waals surface area contributed by atoms with E-state index in [1.807, 2.05) is 0 Å². The largest absolute Gasteiger partial charge is 0.0613 e. The number of aryl methyl sites for hydroxylation is 4. The monoisotopic (exact) mass is 364 g/mol. The first-order valence-corrected chi connectivity index (χ1v) is 10.8. The van der Waals surface area contributed by atoms with Crippen LogP contribution in [-0.4, -0.2) is 0 Å². The first kappa shape index (κ1) is 21.7. The van der Waals surface area contributed by atoms with E-state index in [9.17, 15) is 0 Å². The molecular weight excluding hydrogens is 324 g/mol. The zero-order chi connectivity index (χ0) is 20.2. The maximum absolute atomic E-state index is 2.45. The van der Waals surface area contributed by atoms with Crippen molar-refractivity contribution in [3.8, 4) is 0 Å². The van der Waals surface area contributed by atoms with Crippen molar-refractivity contribution in [2.24, 2.45) is 0 Å². The molecule has 0 unspecified atom stereocenters. The van der Waals surface area contributed by atoms with Gasteiger partial charge in [0.2, 0.25) is 0 Å². The molecule has 2 aromatic carbocycles. The molecular formula is C27H40. The minimum absolute atomic E-state index is 0.231. The quantitative estimate of drug-likeness (QED) is 0.495. The van der Waals surface area contributed by atoms with Gasteiger partial charge in [0.05, 0.1) is 0 Å². The summed E-state index contributed by atoms with van der Waals surface area (Å²) in [6.07, 6.45) is 5.79. The highest BCUT2D eigenvalue weighted by Gasteiger charge is 2.18. The Morgan fingerprint density at radius 2 is 0.963 bits per heavy atom. The van der Waals surface area contributed by atoms with Gasteiger partial charge in [-0.2, -0.15) is 0 Å². The molecule has 0 fully saturated rings. The van der Waals surface area contributed by atoms with Gasteiger partial charge in [0.15, 0.2) is 0 Å². The highest BCUT2D eigenvalue weighted by Crippen LogP contribution is 2.29. The molecule has 0 saturated heterocycles. The zero-order valence-electron chi connectivity index (χ0n) is 19.0. The van der Waals surface area contributed by atoms with Gasteiger partial charge < -0.3 is 0 Å². The van der Waals surface area contributed by atoms with Gasteiger partial charge in [-0.15, -0.1) is 0 Å². The summed E-state index contributed by atoms with van der Waals surface area (Å²) >= 11 is 0. The lowest BCUT2D eigenvalue weighted by Crippen LogP contribution is -2.14. The van der Waals surface area contributed by atoms with Crippen LogP contribution in [0.5, 0.6) is 0 Å². The lowest BCUT2D eigenvalue weighted by Gasteiger charge is -2.23. The molecule has 2 aromatic rings. The van der Waals surface area contributed by atoms with Crippen LogP contribution in [0.25, 0.3) is 0 Å². The maximum Gasteiger partial charge on any atom is -0.0129 e. The minimum Gasteiger partial charge on any atom is -0.0613 e. The molecule has 27 heavy (non-hydrogen) atoms. The lowest BCUT2D eigenvalue weighted by atomic mass is 9.81. The van der Waals surface area contributed by atoms with Crippen LogP contribution in [0.1, 0.15) is 95.2 Å². The first-order valence-electron chi connectivity index (χ1n) is 10.8. The average Bonchev–Trinajstić information content (AvgIpc) is 2.59. The van der Waals surface area contributed by atoms with Crippen LogP contribution >= 0.6 is 0 Å². The molecule has 0 nitrogen and oxygen atoms in total. The summed E-state index contributed by atoms with van der Waals surface area (Å²) in [6.45, 7) is 18.4. The van der Waals surface area contributed by atoms with Crippen LogP contribution in [0, 0.1) is 0 Å². The number of hydrogen-bond acceptors (Lipinski definition) is 0. The van der Waals surface area contributed by atoms with Gasteiger partial charge in [0, 0.05) is 0 Å². The standard InChI is InChI=1S/C27H40/c1-9-22-18-20(14-16-24(22)26(3,4)5)12-11-13-21-15-17-25(27(6,7)8)23(10-2)19-21/h14-19H,9-13H2,1-8H3. The Morgan fingerprint density at radius 1 is 0.593 bits per heavy atom. The van der Waals surface area contributed by atoms with Crippen LogP contribution in [0.2, 0.25) is 0 Å². The van der Waals surface area contributed by atoms with Gasteiger partial charge in [0.1, 0.15) is 0 Å². The molecule has 0 aromatic heterocycles. The second kappa shape index (κ2) is 8.63. The maximum atomic E-state index is 2.45. The van der Waals surface area contributed by atoms with Crippen LogP contribution in [0.3, 0.4) is 0 Å². The van der Waals surface area contributed by atoms with E-state index in [0.717, 1.165) is 12.8 Å². The van der Waals surface area contributed by atoms with E-state index in [1.54, 1.807) is 0 Å². The van der Waals surface area contributed by atoms with E-state index in [4.69, 9.17) is 0 Å². The van der Waals surface area contributed by atoms with Gasteiger partial charge in [-0.05, 0) is 76.3 Å². The Morgan fingerprint density at radius 3 is 1.26 bits per heavy atom. The van der Waals surface area contributed by atoms with E-state index in [2.05, 4.69) is 91.8 Å². The average molecular weight is 365 g/mol. The van der Waals surface area contributed by atoms with Crippen molar-refractivity contribution in [2.45, 2.75) is 98.3 Å². The van der Waals surface area contributed by atoms with Gasteiger partial charge in [-0.25, -0.2) is 0 Å². The number of hydrogen-bond donors (Lipinski definition) is 0. The topological polar surface area (TPSA) is 0 Å². The fraction of sp³-hybridized carbons (Fsp3) is 0.556. The number of rotatable bonds is 6. The van der Waals surface area contributed by atoms with E-state index in [1.165, 1.54) is 52.6 Å². The van der Waals surface area contributed by atoms with E-state index >= 15 is 0 Å². The van der Waals surface area contributed by atoms with Gasteiger partial charge >= 0.3 is 0 Å². The molecule has 0 aliphatic rings. The van der Waals surface area contributed by atoms with Crippen LogP contribution in [-0.2, 0) is 36.5 Å². The zero-order valence-corrected chi connectivity index (χ0v) is 19.0. The fourth-order valence-corrected chi connectivity index (χ4v) is 4.15. The molecule has 0 heteroatoms. The molecule has 0 bridgehead atoms. The van der Waals surface area contributed by atoms with Gasteiger partial charge in [-0.3, -0.25) is 0 Å². The van der Waals surface area contributed by atoms with Crippen LogP contribution < -0.4 is 0 Å². The summed E-state index contributed by atoms with van der Waals surface area (Å²) in [4.78, 5) is 0. The Bertz CT molecular complexity index is 685. The molecule has 148 valence electrons. The molecule has 2 rings (SSSR count). The van der Waals surface area contributed by atoms with E-state index in [-0.39, 0.29) is 10.8 Å². The summed E-state index contributed by atoms with van der Waals surface area (Å²) in [7, 11) is 0. The van der Waals surface area contributed by atoms with Crippen molar-refractivity contribution >= 4 is 0 Å². The van der Waals surface area contributed by atoms with Crippen molar-refractivity contribution in [2.75, 3.05) is 0 Å². The van der Waals surface area contributed by atoms with Crippen molar-refractivity contribution in [3.63, 3.8) is 0 Å². The van der Waals surface area contributed by atoms with Crippen molar-refractivity contribution in [1.82, 2.24) is 0 Å². The van der Waals surface area contributed by atoms with E-state index < -0.39 is 0 Å². The molecule has 0 radical (unpaired) electrons. The summed E-state index contributed by atoms with van der Waals surface area (Å²) in [6, 6.07) is 14.3. The van der Waals surface area contributed by atoms with E-state index in [0.29, 0.717) is 0 Å². The Kier molecular flexibility index (Phi) is 6.95. The van der Waals surface area contributed by atoms with Crippen molar-refractivity contribution in [1.29, 1.82) is 0 Å². The Hall–Kier alpha value is -1.56. The second-order valence-electron chi connectivity index (χ2n) is 10.0. The molecule has 0 atom stereocenters. The fourth-order valence-electron chi connectivity index (χ4n) is 4.15. The SMILES string of the molecule is CCc1cc(CCCc2ccc(C(C)(C)C)c(CC)c2)ccc1C(C)(C)C. The highest BCUT2D eigenvalue weighted by atomic mass is 14.2. The summed E-state index contributed by atoms with van der Waals surface area (Å²) in [5.74, 6) is 0. The third kappa shape index (κ3) is 5.71. The van der Waals surface area contributed by atoms with Crippen molar-refractivity contribution in [3.05, 3.63) is 69.8 Å². The molecule has 0 heterocycles. The summed E-state index contributed by atoms with van der Waals surface area (Å²) < 4.78 is 0.